The van der Waals surface area contributed by atoms with Crippen LogP contribution in [0.1, 0.15) is 52.9 Å². The van der Waals surface area contributed by atoms with Crippen LogP contribution in [0.15, 0.2) is 0 Å². The van der Waals surface area contributed by atoms with Gasteiger partial charge < -0.3 is 5.32 Å². The number of hydrogen-bond acceptors (Lipinski definition) is 1. The summed E-state index contributed by atoms with van der Waals surface area (Å²) in [6.45, 7) is 9.86. The van der Waals surface area contributed by atoms with Gasteiger partial charge in [0.25, 0.3) is 0 Å². The molecule has 1 heteroatoms. The van der Waals surface area contributed by atoms with Gasteiger partial charge in [-0.25, -0.2) is 0 Å². The first-order valence-corrected chi connectivity index (χ1v) is 6.25. The van der Waals surface area contributed by atoms with Crippen molar-refractivity contribution in [2.24, 2.45) is 16.7 Å². The molecule has 2 unspecified atom stereocenters. The molecule has 1 aliphatic heterocycles. The van der Waals surface area contributed by atoms with E-state index in [1.165, 1.54) is 45.2 Å². The van der Waals surface area contributed by atoms with Crippen molar-refractivity contribution in [3.05, 3.63) is 0 Å². The van der Waals surface area contributed by atoms with E-state index < -0.39 is 0 Å². The second-order valence-corrected chi connectivity index (χ2v) is 6.41. The van der Waals surface area contributed by atoms with Crippen molar-refractivity contribution in [1.82, 2.24) is 5.32 Å². The van der Waals surface area contributed by atoms with E-state index in [1.807, 2.05) is 0 Å². The van der Waals surface area contributed by atoms with Crippen molar-refractivity contribution in [2.75, 3.05) is 13.1 Å². The Morgan fingerprint density at radius 3 is 2.50 bits per heavy atom. The van der Waals surface area contributed by atoms with Crippen LogP contribution in [0.4, 0.5) is 0 Å². The van der Waals surface area contributed by atoms with Gasteiger partial charge >= 0.3 is 0 Å². The average molecular weight is 195 g/mol. The van der Waals surface area contributed by atoms with Gasteiger partial charge in [0.15, 0.2) is 0 Å². The normalized spacial score (nSPS) is 42.6. The molecule has 0 aromatic rings. The zero-order chi connectivity index (χ0) is 10.2. The molecular formula is C13H25N. The van der Waals surface area contributed by atoms with Crippen molar-refractivity contribution < 1.29 is 0 Å². The molecule has 14 heavy (non-hydrogen) atoms. The first-order chi connectivity index (χ1) is 6.54. The molecule has 0 aromatic carbocycles. The van der Waals surface area contributed by atoms with Gasteiger partial charge in [0.1, 0.15) is 0 Å². The lowest BCUT2D eigenvalue weighted by atomic mass is 9.72. The number of hydrogen-bond donors (Lipinski definition) is 1. The molecule has 1 aliphatic carbocycles. The maximum atomic E-state index is 3.59. The lowest BCUT2D eigenvalue weighted by Gasteiger charge is -2.32. The second kappa shape index (κ2) is 3.52. The van der Waals surface area contributed by atoms with Crippen LogP contribution in [0.3, 0.4) is 0 Å². The third kappa shape index (κ3) is 1.84. The Hall–Kier alpha value is -0.0400. The standard InChI is InChI=1S/C13H25N/c1-11-9-14-10-13(11)6-4-5-12(2,3)7-8-13/h11,14H,4-10H2,1-3H3. The molecular weight excluding hydrogens is 170 g/mol. The van der Waals surface area contributed by atoms with Crippen LogP contribution in [0.25, 0.3) is 0 Å². The van der Waals surface area contributed by atoms with Gasteiger partial charge in [-0.15, -0.1) is 0 Å². The summed E-state index contributed by atoms with van der Waals surface area (Å²) in [7, 11) is 0. The van der Waals surface area contributed by atoms with Crippen LogP contribution in [0, 0.1) is 16.7 Å². The molecule has 2 fully saturated rings. The summed E-state index contributed by atoms with van der Waals surface area (Å²) in [5.41, 5.74) is 1.26. The third-order valence-corrected chi connectivity index (χ3v) is 4.80. The Morgan fingerprint density at radius 1 is 1.07 bits per heavy atom. The molecule has 1 spiro atoms. The van der Waals surface area contributed by atoms with Crippen molar-refractivity contribution in [1.29, 1.82) is 0 Å². The topological polar surface area (TPSA) is 12.0 Å². The van der Waals surface area contributed by atoms with Gasteiger partial charge in [-0.2, -0.15) is 0 Å². The van der Waals surface area contributed by atoms with E-state index in [9.17, 15) is 0 Å². The molecule has 1 heterocycles. The molecule has 82 valence electrons. The number of nitrogens with one attached hydrogen (secondary N) is 1. The lowest BCUT2D eigenvalue weighted by Crippen LogP contribution is -2.28. The van der Waals surface area contributed by atoms with Gasteiger partial charge in [0.2, 0.25) is 0 Å². The Bertz CT molecular complexity index is 209. The first-order valence-electron chi connectivity index (χ1n) is 6.25. The Labute approximate surface area is 88.7 Å². The van der Waals surface area contributed by atoms with E-state index in [1.54, 1.807) is 0 Å². The minimum Gasteiger partial charge on any atom is -0.316 e. The summed E-state index contributed by atoms with van der Waals surface area (Å²) in [5, 5.41) is 3.59. The smallest absolute Gasteiger partial charge is 0.00110 e. The summed E-state index contributed by atoms with van der Waals surface area (Å²) in [4.78, 5) is 0. The Morgan fingerprint density at radius 2 is 1.86 bits per heavy atom. The minimum absolute atomic E-state index is 0.603. The van der Waals surface area contributed by atoms with Crippen LogP contribution < -0.4 is 5.32 Å². The molecule has 0 radical (unpaired) electrons. The first kappa shape index (κ1) is 10.5. The zero-order valence-corrected chi connectivity index (χ0v) is 10.0. The van der Waals surface area contributed by atoms with Crippen molar-refractivity contribution in [3.63, 3.8) is 0 Å². The molecule has 1 saturated heterocycles. The highest BCUT2D eigenvalue weighted by Crippen LogP contribution is 2.47. The van der Waals surface area contributed by atoms with Gasteiger partial charge in [-0.1, -0.05) is 27.2 Å². The summed E-state index contributed by atoms with van der Waals surface area (Å²) >= 11 is 0. The predicted octanol–water partition coefficient (Wildman–Crippen LogP) is 3.20. The van der Waals surface area contributed by atoms with Crippen molar-refractivity contribution in [3.8, 4) is 0 Å². The van der Waals surface area contributed by atoms with Gasteiger partial charge in [-0.3, -0.25) is 0 Å². The monoisotopic (exact) mass is 195 g/mol. The van der Waals surface area contributed by atoms with Crippen LogP contribution in [-0.4, -0.2) is 13.1 Å². The molecule has 1 saturated carbocycles. The molecule has 2 aliphatic rings. The maximum absolute atomic E-state index is 3.59. The fourth-order valence-electron chi connectivity index (χ4n) is 3.35. The molecule has 0 aromatic heterocycles. The molecule has 1 nitrogen and oxygen atoms in total. The SMILES string of the molecule is CC1CNCC12CCCC(C)(C)CC2. The summed E-state index contributed by atoms with van der Waals surface area (Å²) in [6, 6.07) is 0. The van der Waals surface area contributed by atoms with Crippen LogP contribution in [0.2, 0.25) is 0 Å². The summed E-state index contributed by atoms with van der Waals surface area (Å²) < 4.78 is 0. The third-order valence-electron chi connectivity index (χ3n) is 4.80. The van der Waals surface area contributed by atoms with E-state index in [0.717, 1.165) is 5.92 Å². The molecule has 2 rings (SSSR count). The van der Waals surface area contributed by atoms with Crippen molar-refractivity contribution in [2.45, 2.75) is 52.9 Å². The van der Waals surface area contributed by atoms with E-state index in [2.05, 4.69) is 26.1 Å². The minimum atomic E-state index is 0.603. The Kier molecular flexibility index (Phi) is 2.63. The van der Waals surface area contributed by atoms with Crippen molar-refractivity contribution >= 4 is 0 Å². The molecule has 0 amide bonds. The predicted molar refractivity (Wildman–Crippen MR) is 61.3 cm³/mol. The molecule has 0 bridgehead atoms. The largest absolute Gasteiger partial charge is 0.316 e. The second-order valence-electron chi connectivity index (χ2n) is 6.41. The molecule has 1 N–H and O–H groups in total. The van der Waals surface area contributed by atoms with E-state index in [-0.39, 0.29) is 0 Å². The summed E-state index contributed by atoms with van der Waals surface area (Å²) in [6.07, 6.45) is 7.22. The highest BCUT2D eigenvalue weighted by Gasteiger charge is 2.42. The van der Waals surface area contributed by atoms with Crippen LogP contribution in [0.5, 0.6) is 0 Å². The number of rotatable bonds is 0. The fourth-order valence-corrected chi connectivity index (χ4v) is 3.35. The maximum Gasteiger partial charge on any atom is 0.00110 e. The lowest BCUT2D eigenvalue weighted by molar-refractivity contribution is 0.194. The highest BCUT2D eigenvalue weighted by molar-refractivity contribution is 4.95. The summed E-state index contributed by atoms with van der Waals surface area (Å²) in [5.74, 6) is 0.899. The molecule has 2 atom stereocenters. The zero-order valence-electron chi connectivity index (χ0n) is 10.0. The van der Waals surface area contributed by atoms with Gasteiger partial charge in [0.05, 0.1) is 0 Å². The van der Waals surface area contributed by atoms with E-state index in [0.29, 0.717) is 10.8 Å². The fraction of sp³-hybridized carbons (Fsp3) is 1.00. The quantitative estimate of drug-likeness (QED) is 0.626. The Balaban J connectivity index is 2.07. The van der Waals surface area contributed by atoms with E-state index >= 15 is 0 Å². The highest BCUT2D eigenvalue weighted by atomic mass is 14.9. The van der Waals surface area contributed by atoms with Gasteiger partial charge in [-0.05, 0) is 49.0 Å². The van der Waals surface area contributed by atoms with E-state index in [4.69, 9.17) is 0 Å². The average Bonchev–Trinajstić information content (AvgIpc) is 2.37. The van der Waals surface area contributed by atoms with Gasteiger partial charge in [0, 0.05) is 6.54 Å². The van der Waals surface area contributed by atoms with Crippen LogP contribution >= 0.6 is 0 Å². The van der Waals surface area contributed by atoms with Crippen LogP contribution in [-0.2, 0) is 0 Å².